The minimum Gasteiger partial charge on any atom is -0.361 e. The molecule has 1 aliphatic heterocycles. The highest BCUT2D eigenvalue weighted by atomic mass is 16.5. The third kappa shape index (κ3) is 5.50. The zero-order valence-corrected chi connectivity index (χ0v) is 16.1. The monoisotopic (exact) mass is 372 g/mol. The van der Waals surface area contributed by atoms with Crippen LogP contribution in [0.1, 0.15) is 29.9 Å². The van der Waals surface area contributed by atoms with Crippen LogP contribution < -0.4 is 10.2 Å². The molecule has 0 bridgehead atoms. The Labute approximate surface area is 159 Å². The lowest BCUT2D eigenvalue weighted by molar-refractivity contribution is -0.121. The van der Waals surface area contributed by atoms with Crippen LogP contribution in [-0.4, -0.2) is 65.2 Å². The molecule has 146 valence electrons. The first-order valence-corrected chi connectivity index (χ1v) is 9.56. The number of hydrogen-bond donors (Lipinski definition) is 1. The molecule has 1 fully saturated rings. The van der Waals surface area contributed by atoms with E-state index in [9.17, 15) is 4.79 Å². The van der Waals surface area contributed by atoms with Crippen molar-refractivity contribution in [2.45, 2.75) is 33.1 Å². The molecular formula is C19H28N6O2. The van der Waals surface area contributed by atoms with Crippen LogP contribution in [0.3, 0.4) is 0 Å². The molecule has 0 unspecified atom stereocenters. The van der Waals surface area contributed by atoms with Crippen molar-refractivity contribution in [3.63, 3.8) is 0 Å². The van der Waals surface area contributed by atoms with Gasteiger partial charge in [0.25, 0.3) is 0 Å². The van der Waals surface area contributed by atoms with E-state index in [1.807, 2.05) is 19.9 Å². The van der Waals surface area contributed by atoms with E-state index in [0.29, 0.717) is 19.4 Å². The zero-order chi connectivity index (χ0) is 19.1. The van der Waals surface area contributed by atoms with Crippen LogP contribution in [0.25, 0.3) is 0 Å². The number of aryl methyl sites for hydroxylation is 2. The van der Waals surface area contributed by atoms with Gasteiger partial charge in [-0.3, -0.25) is 9.69 Å². The van der Waals surface area contributed by atoms with E-state index in [0.717, 1.165) is 62.1 Å². The van der Waals surface area contributed by atoms with Gasteiger partial charge in [0.1, 0.15) is 5.76 Å². The summed E-state index contributed by atoms with van der Waals surface area (Å²) in [5.41, 5.74) is 1.92. The molecule has 3 heterocycles. The molecule has 1 N–H and O–H groups in total. The van der Waals surface area contributed by atoms with Gasteiger partial charge in [-0.05, 0) is 39.3 Å². The van der Waals surface area contributed by atoms with Gasteiger partial charge in [-0.15, -0.1) is 0 Å². The summed E-state index contributed by atoms with van der Waals surface area (Å²) < 4.78 is 5.13. The van der Waals surface area contributed by atoms with Crippen LogP contribution in [0.5, 0.6) is 0 Å². The minimum absolute atomic E-state index is 0.0843. The zero-order valence-electron chi connectivity index (χ0n) is 16.1. The fraction of sp³-hybridized carbons (Fsp3) is 0.579. The molecule has 0 aromatic carbocycles. The molecule has 8 nitrogen and oxygen atoms in total. The number of hydrogen-bond acceptors (Lipinski definition) is 7. The molecule has 3 rings (SSSR count). The van der Waals surface area contributed by atoms with Crippen LogP contribution in [0, 0.1) is 13.8 Å². The summed E-state index contributed by atoms with van der Waals surface area (Å²) in [7, 11) is 0. The van der Waals surface area contributed by atoms with E-state index >= 15 is 0 Å². The summed E-state index contributed by atoms with van der Waals surface area (Å²) in [6.45, 7) is 9.37. The molecule has 0 radical (unpaired) electrons. The molecule has 8 heteroatoms. The number of amides is 1. The van der Waals surface area contributed by atoms with Crippen LogP contribution in [0.15, 0.2) is 23.0 Å². The first-order valence-electron chi connectivity index (χ1n) is 9.56. The van der Waals surface area contributed by atoms with E-state index in [2.05, 4.69) is 30.2 Å². The van der Waals surface area contributed by atoms with E-state index < -0.39 is 0 Å². The van der Waals surface area contributed by atoms with Gasteiger partial charge in [-0.25, -0.2) is 9.97 Å². The summed E-state index contributed by atoms with van der Waals surface area (Å²) in [5.74, 6) is 1.70. The quantitative estimate of drug-likeness (QED) is 0.700. The second kappa shape index (κ2) is 9.45. The highest BCUT2D eigenvalue weighted by Gasteiger charge is 2.18. The Kier molecular flexibility index (Phi) is 6.75. The van der Waals surface area contributed by atoms with Crippen molar-refractivity contribution in [1.29, 1.82) is 0 Å². The fourth-order valence-electron chi connectivity index (χ4n) is 3.34. The van der Waals surface area contributed by atoms with Crippen molar-refractivity contribution in [3.05, 3.63) is 35.5 Å². The van der Waals surface area contributed by atoms with Crippen molar-refractivity contribution in [1.82, 2.24) is 25.3 Å². The van der Waals surface area contributed by atoms with Gasteiger partial charge in [-0.2, -0.15) is 0 Å². The molecule has 1 saturated heterocycles. The van der Waals surface area contributed by atoms with Gasteiger partial charge >= 0.3 is 0 Å². The number of nitrogens with zero attached hydrogens (tertiary/aromatic N) is 5. The Hall–Kier alpha value is -2.48. The lowest BCUT2D eigenvalue weighted by Crippen LogP contribution is -2.47. The number of anilines is 1. The maximum Gasteiger partial charge on any atom is 0.225 e. The first-order chi connectivity index (χ1) is 13.1. The van der Waals surface area contributed by atoms with E-state index in [1.165, 1.54) is 0 Å². The Balaban J connectivity index is 1.28. The van der Waals surface area contributed by atoms with Gasteiger partial charge in [0.05, 0.1) is 5.69 Å². The Bertz CT molecular complexity index is 706. The standard InChI is InChI=1S/C19H28N6O2/c1-15-17(16(2)27-23-15)5-6-18(26)20-9-4-10-24-11-13-25(14-12-24)19-21-7-3-8-22-19/h3,7-8H,4-6,9-14H2,1-2H3,(H,20,26). The molecule has 0 saturated carbocycles. The lowest BCUT2D eigenvalue weighted by atomic mass is 10.1. The summed E-state index contributed by atoms with van der Waals surface area (Å²) in [4.78, 5) is 25.3. The molecular weight excluding hydrogens is 344 g/mol. The summed E-state index contributed by atoms with van der Waals surface area (Å²) in [6, 6.07) is 1.84. The average molecular weight is 372 g/mol. The van der Waals surface area contributed by atoms with Crippen LogP contribution in [0.2, 0.25) is 0 Å². The molecule has 0 spiro atoms. The second-order valence-electron chi connectivity index (χ2n) is 6.88. The molecule has 0 atom stereocenters. The SMILES string of the molecule is Cc1noc(C)c1CCC(=O)NCCCN1CCN(c2ncccn2)CC1. The molecule has 27 heavy (non-hydrogen) atoms. The molecule has 2 aromatic heterocycles. The van der Waals surface area contributed by atoms with Gasteiger partial charge < -0.3 is 14.7 Å². The number of nitrogens with one attached hydrogen (secondary N) is 1. The number of carbonyl (C=O) groups excluding carboxylic acids is 1. The number of rotatable bonds is 8. The Morgan fingerprint density at radius 1 is 1.19 bits per heavy atom. The number of aromatic nitrogens is 3. The third-order valence-corrected chi connectivity index (χ3v) is 4.96. The molecule has 0 aliphatic carbocycles. The second-order valence-corrected chi connectivity index (χ2v) is 6.88. The van der Waals surface area contributed by atoms with Crippen molar-refractivity contribution >= 4 is 11.9 Å². The van der Waals surface area contributed by atoms with Gasteiger partial charge in [-0.1, -0.05) is 5.16 Å². The molecule has 1 amide bonds. The number of carbonyl (C=O) groups is 1. The topological polar surface area (TPSA) is 87.4 Å². The Morgan fingerprint density at radius 3 is 2.59 bits per heavy atom. The van der Waals surface area contributed by atoms with E-state index in [-0.39, 0.29) is 5.91 Å². The molecule has 2 aromatic rings. The number of piperazine rings is 1. The van der Waals surface area contributed by atoms with Crippen molar-refractivity contribution < 1.29 is 9.32 Å². The van der Waals surface area contributed by atoms with E-state index in [1.54, 1.807) is 12.4 Å². The normalized spacial score (nSPS) is 15.1. The van der Waals surface area contributed by atoms with Gasteiger partial charge in [0.15, 0.2) is 0 Å². The largest absolute Gasteiger partial charge is 0.361 e. The predicted molar refractivity (Wildman–Crippen MR) is 103 cm³/mol. The minimum atomic E-state index is 0.0843. The summed E-state index contributed by atoms with van der Waals surface area (Å²) in [6.07, 6.45) is 5.67. The first kappa shape index (κ1) is 19.3. The average Bonchev–Trinajstić information content (AvgIpc) is 3.02. The highest BCUT2D eigenvalue weighted by Crippen LogP contribution is 2.14. The van der Waals surface area contributed by atoms with Crippen LogP contribution in [0.4, 0.5) is 5.95 Å². The van der Waals surface area contributed by atoms with Crippen LogP contribution >= 0.6 is 0 Å². The third-order valence-electron chi connectivity index (χ3n) is 4.96. The Morgan fingerprint density at radius 2 is 1.93 bits per heavy atom. The van der Waals surface area contributed by atoms with Crippen molar-refractivity contribution in [2.24, 2.45) is 0 Å². The van der Waals surface area contributed by atoms with Crippen molar-refractivity contribution in [2.75, 3.05) is 44.2 Å². The van der Waals surface area contributed by atoms with E-state index in [4.69, 9.17) is 4.52 Å². The highest BCUT2D eigenvalue weighted by molar-refractivity contribution is 5.76. The smallest absolute Gasteiger partial charge is 0.225 e. The van der Waals surface area contributed by atoms with Crippen molar-refractivity contribution in [3.8, 4) is 0 Å². The summed E-state index contributed by atoms with van der Waals surface area (Å²) in [5, 5.41) is 6.93. The van der Waals surface area contributed by atoms with Gasteiger partial charge in [0, 0.05) is 57.1 Å². The maximum atomic E-state index is 12.0. The predicted octanol–water partition coefficient (Wildman–Crippen LogP) is 1.34. The molecule has 1 aliphatic rings. The fourth-order valence-corrected chi connectivity index (χ4v) is 3.34. The lowest BCUT2D eigenvalue weighted by Gasteiger charge is -2.34. The maximum absolute atomic E-state index is 12.0. The van der Waals surface area contributed by atoms with Gasteiger partial charge in [0.2, 0.25) is 11.9 Å². The van der Waals surface area contributed by atoms with Crippen LogP contribution in [-0.2, 0) is 11.2 Å². The summed E-state index contributed by atoms with van der Waals surface area (Å²) >= 11 is 0.